The summed E-state index contributed by atoms with van der Waals surface area (Å²) < 4.78 is 0. The van der Waals surface area contributed by atoms with Crippen molar-refractivity contribution < 1.29 is 9.90 Å². The number of carboxylic acids is 1. The fourth-order valence-electron chi connectivity index (χ4n) is 2.78. The molecule has 1 unspecified atom stereocenters. The van der Waals surface area contributed by atoms with Crippen molar-refractivity contribution >= 4 is 17.3 Å². The molecule has 0 aliphatic carbocycles. The molecular weight excluding hydrogens is 258 g/mol. The first-order valence-corrected chi connectivity index (χ1v) is 7.96. The van der Waals surface area contributed by atoms with Gasteiger partial charge in [-0.1, -0.05) is 6.92 Å². The van der Waals surface area contributed by atoms with E-state index in [2.05, 4.69) is 30.9 Å². The van der Waals surface area contributed by atoms with E-state index in [1.165, 1.54) is 9.75 Å². The lowest BCUT2D eigenvalue weighted by Crippen LogP contribution is -2.35. The molecule has 1 aliphatic rings. The number of hydrogen-bond donors (Lipinski definition) is 1. The Kier molecular flexibility index (Phi) is 4.99. The summed E-state index contributed by atoms with van der Waals surface area (Å²) in [4.78, 5) is 16.1. The molecule has 1 aromatic rings. The minimum atomic E-state index is -0.655. The fourth-order valence-corrected chi connectivity index (χ4v) is 3.82. The predicted octanol–water partition coefficient (Wildman–Crippen LogP) is 3.56. The van der Waals surface area contributed by atoms with E-state index in [1.54, 1.807) is 0 Å². The first kappa shape index (κ1) is 14.5. The molecule has 1 aliphatic heterocycles. The average molecular weight is 281 g/mol. The number of likely N-dealkylation sites (tertiary alicyclic amines) is 1. The van der Waals surface area contributed by atoms with Crippen LogP contribution in [0.15, 0.2) is 12.1 Å². The molecule has 0 spiro atoms. The molecule has 0 saturated carbocycles. The number of aliphatic carboxylic acids is 1. The zero-order valence-corrected chi connectivity index (χ0v) is 12.6. The molecule has 0 aromatic carbocycles. The Bertz CT molecular complexity index is 422. The van der Waals surface area contributed by atoms with Gasteiger partial charge < -0.3 is 5.11 Å². The number of carboxylic acid groups (broad SMARTS) is 1. The maximum atomic E-state index is 10.7. The number of thiophene rings is 1. The van der Waals surface area contributed by atoms with E-state index in [0.29, 0.717) is 18.4 Å². The van der Waals surface area contributed by atoms with Gasteiger partial charge in [0.25, 0.3) is 0 Å². The minimum absolute atomic E-state index is 0.335. The Hall–Kier alpha value is -0.870. The highest BCUT2D eigenvalue weighted by molar-refractivity contribution is 7.12. The zero-order valence-electron chi connectivity index (χ0n) is 11.8. The quantitative estimate of drug-likeness (QED) is 0.897. The van der Waals surface area contributed by atoms with Gasteiger partial charge in [-0.05, 0) is 57.3 Å². The molecule has 1 saturated heterocycles. The zero-order chi connectivity index (χ0) is 13.8. The van der Waals surface area contributed by atoms with Crippen LogP contribution in [-0.4, -0.2) is 29.1 Å². The second-order valence-electron chi connectivity index (χ2n) is 5.41. The van der Waals surface area contributed by atoms with Gasteiger partial charge >= 0.3 is 5.97 Å². The first-order valence-electron chi connectivity index (χ1n) is 7.14. The van der Waals surface area contributed by atoms with Gasteiger partial charge in [0.2, 0.25) is 0 Å². The minimum Gasteiger partial charge on any atom is -0.481 e. The molecular formula is C15H23NO2S. The smallest absolute Gasteiger partial charge is 0.303 e. The highest BCUT2D eigenvalue weighted by atomic mass is 32.1. The molecule has 3 nitrogen and oxygen atoms in total. The standard InChI is InChI=1S/C15H23NO2S/c1-3-13-4-5-14(19-13)11(2)16-8-6-12(7-9-16)10-15(17)18/h4-5,11-12H,3,6-10H2,1-2H3,(H,17,18). The first-order chi connectivity index (χ1) is 9.10. The van der Waals surface area contributed by atoms with Crippen molar-refractivity contribution in [3.63, 3.8) is 0 Å². The monoisotopic (exact) mass is 281 g/mol. The van der Waals surface area contributed by atoms with Gasteiger partial charge in [-0.2, -0.15) is 0 Å². The van der Waals surface area contributed by atoms with Gasteiger partial charge in [-0.15, -0.1) is 11.3 Å². The van der Waals surface area contributed by atoms with Crippen molar-refractivity contribution in [3.05, 3.63) is 21.9 Å². The van der Waals surface area contributed by atoms with Gasteiger partial charge in [0, 0.05) is 22.2 Å². The van der Waals surface area contributed by atoms with Crippen LogP contribution in [0.3, 0.4) is 0 Å². The molecule has 0 bridgehead atoms. The van der Waals surface area contributed by atoms with Crippen LogP contribution in [0.4, 0.5) is 0 Å². The van der Waals surface area contributed by atoms with E-state index >= 15 is 0 Å². The molecule has 2 rings (SSSR count). The van der Waals surface area contributed by atoms with Gasteiger partial charge in [0.05, 0.1) is 0 Å². The van der Waals surface area contributed by atoms with Crippen LogP contribution in [0.5, 0.6) is 0 Å². The SMILES string of the molecule is CCc1ccc(C(C)N2CCC(CC(=O)O)CC2)s1. The summed E-state index contributed by atoms with van der Waals surface area (Å²) in [6.07, 6.45) is 3.48. The van der Waals surface area contributed by atoms with Crippen molar-refractivity contribution in [2.75, 3.05) is 13.1 Å². The van der Waals surface area contributed by atoms with Crippen LogP contribution in [0.25, 0.3) is 0 Å². The third kappa shape index (κ3) is 3.80. The van der Waals surface area contributed by atoms with Crippen LogP contribution in [-0.2, 0) is 11.2 Å². The molecule has 0 amide bonds. The Morgan fingerprint density at radius 3 is 2.68 bits per heavy atom. The van der Waals surface area contributed by atoms with Crippen LogP contribution in [0.2, 0.25) is 0 Å². The maximum absolute atomic E-state index is 10.7. The summed E-state index contributed by atoms with van der Waals surface area (Å²) in [5.74, 6) is -0.284. The Balaban J connectivity index is 1.88. The van der Waals surface area contributed by atoms with Crippen molar-refractivity contribution in [1.29, 1.82) is 0 Å². The summed E-state index contributed by atoms with van der Waals surface area (Å²) in [5, 5.41) is 8.84. The highest BCUT2D eigenvalue weighted by Crippen LogP contribution is 2.31. The number of piperidine rings is 1. The lowest BCUT2D eigenvalue weighted by Gasteiger charge is -2.35. The molecule has 4 heteroatoms. The van der Waals surface area contributed by atoms with Crippen molar-refractivity contribution in [1.82, 2.24) is 4.90 Å². The van der Waals surface area contributed by atoms with Gasteiger partial charge in [0.15, 0.2) is 0 Å². The number of rotatable bonds is 5. The van der Waals surface area contributed by atoms with Crippen LogP contribution >= 0.6 is 11.3 Å². The third-order valence-corrected chi connectivity index (χ3v) is 5.50. The number of carbonyl (C=O) groups is 1. The Morgan fingerprint density at radius 2 is 2.16 bits per heavy atom. The van der Waals surface area contributed by atoms with E-state index in [9.17, 15) is 4.79 Å². The van der Waals surface area contributed by atoms with E-state index in [4.69, 9.17) is 5.11 Å². The Morgan fingerprint density at radius 1 is 1.47 bits per heavy atom. The number of aryl methyl sites for hydroxylation is 1. The molecule has 0 radical (unpaired) electrons. The summed E-state index contributed by atoms with van der Waals surface area (Å²) in [5.41, 5.74) is 0. The van der Waals surface area contributed by atoms with Gasteiger partial charge in [-0.3, -0.25) is 9.69 Å². The van der Waals surface area contributed by atoms with E-state index < -0.39 is 5.97 Å². The summed E-state index contributed by atoms with van der Waals surface area (Å²) >= 11 is 1.91. The predicted molar refractivity (Wildman–Crippen MR) is 78.7 cm³/mol. The number of hydrogen-bond acceptors (Lipinski definition) is 3. The summed E-state index contributed by atoms with van der Waals surface area (Å²) in [6, 6.07) is 4.95. The maximum Gasteiger partial charge on any atom is 0.303 e. The van der Waals surface area contributed by atoms with Crippen molar-refractivity contribution in [3.8, 4) is 0 Å². The molecule has 106 valence electrons. The fraction of sp³-hybridized carbons (Fsp3) is 0.667. The van der Waals surface area contributed by atoms with Crippen molar-refractivity contribution in [2.45, 2.75) is 45.6 Å². The molecule has 1 atom stereocenters. The number of nitrogens with zero attached hydrogens (tertiary/aromatic N) is 1. The topological polar surface area (TPSA) is 40.5 Å². The second-order valence-corrected chi connectivity index (χ2v) is 6.61. The average Bonchev–Trinajstić information content (AvgIpc) is 2.87. The molecule has 2 heterocycles. The molecule has 1 N–H and O–H groups in total. The second kappa shape index (κ2) is 6.53. The van der Waals surface area contributed by atoms with E-state index in [-0.39, 0.29) is 0 Å². The van der Waals surface area contributed by atoms with Gasteiger partial charge in [-0.25, -0.2) is 0 Å². The molecule has 1 aromatic heterocycles. The normalized spacial score (nSPS) is 19.5. The van der Waals surface area contributed by atoms with E-state index in [0.717, 1.165) is 32.4 Å². The summed E-state index contributed by atoms with van der Waals surface area (Å²) in [7, 11) is 0. The highest BCUT2D eigenvalue weighted by Gasteiger charge is 2.25. The molecule has 1 fully saturated rings. The Labute approximate surface area is 119 Å². The van der Waals surface area contributed by atoms with Crippen LogP contribution in [0.1, 0.15) is 48.9 Å². The lowest BCUT2D eigenvalue weighted by atomic mass is 9.93. The third-order valence-electron chi connectivity index (χ3n) is 4.10. The largest absolute Gasteiger partial charge is 0.481 e. The van der Waals surface area contributed by atoms with Crippen molar-refractivity contribution in [2.24, 2.45) is 5.92 Å². The van der Waals surface area contributed by atoms with E-state index in [1.807, 2.05) is 11.3 Å². The van der Waals surface area contributed by atoms with Gasteiger partial charge in [0.1, 0.15) is 0 Å². The van der Waals surface area contributed by atoms with Crippen LogP contribution in [0, 0.1) is 5.92 Å². The lowest BCUT2D eigenvalue weighted by molar-refractivity contribution is -0.138. The van der Waals surface area contributed by atoms with Crippen LogP contribution < -0.4 is 0 Å². The summed E-state index contributed by atoms with van der Waals surface area (Å²) in [6.45, 7) is 6.51. The molecule has 19 heavy (non-hydrogen) atoms.